The first-order valence-corrected chi connectivity index (χ1v) is 7.84. The van der Waals surface area contributed by atoms with E-state index in [2.05, 4.69) is 0 Å². The van der Waals surface area contributed by atoms with Gasteiger partial charge in [-0.05, 0) is 30.9 Å². The number of nitrogen functional groups attached to an aromatic ring is 1. The number of methoxy groups -OCH3 is 1. The normalized spacial score (nSPS) is 18.5. The zero-order valence-electron chi connectivity index (χ0n) is 10.9. The van der Waals surface area contributed by atoms with Crippen LogP contribution in [0.4, 0.5) is 5.69 Å². The van der Waals surface area contributed by atoms with E-state index in [9.17, 15) is 4.21 Å². The van der Waals surface area contributed by atoms with Crippen LogP contribution in [0, 0.1) is 5.92 Å². The van der Waals surface area contributed by atoms with Gasteiger partial charge in [0.25, 0.3) is 0 Å². The van der Waals surface area contributed by atoms with E-state index >= 15 is 0 Å². The van der Waals surface area contributed by atoms with Crippen LogP contribution >= 0.6 is 0 Å². The number of hydrogen-bond donors (Lipinski definition) is 1. The summed E-state index contributed by atoms with van der Waals surface area (Å²) in [5.74, 6) is 1.99. The van der Waals surface area contributed by atoms with Gasteiger partial charge >= 0.3 is 0 Å². The smallest absolute Gasteiger partial charge is 0.137 e. The largest absolute Gasteiger partial charge is 0.495 e. The Morgan fingerprint density at radius 1 is 1.33 bits per heavy atom. The molecular weight excluding hydrogens is 246 g/mol. The van der Waals surface area contributed by atoms with Gasteiger partial charge in [-0.15, -0.1) is 0 Å². The van der Waals surface area contributed by atoms with Crippen LogP contribution in [0.15, 0.2) is 23.1 Å². The van der Waals surface area contributed by atoms with Gasteiger partial charge in [-0.3, -0.25) is 4.21 Å². The minimum absolute atomic E-state index is 0.599. The summed E-state index contributed by atoms with van der Waals surface area (Å²) < 4.78 is 17.7. The highest BCUT2D eigenvalue weighted by Gasteiger charge is 2.19. The molecule has 0 amide bonds. The molecule has 0 spiro atoms. The van der Waals surface area contributed by atoms with Gasteiger partial charge in [-0.2, -0.15) is 0 Å². The molecule has 1 aliphatic rings. The lowest BCUT2D eigenvalue weighted by Gasteiger charge is -2.21. The molecule has 0 radical (unpaired) electrons. The van der Waals surface area contributed by atoms with E-state index in [0.717, 1.165) is 10.6 Å². The maximum atomic E-state index is 12.4. The molecule has 1 saturated carbocycles. The lowest BCUT2D eigenvalue weighted by Crippen LogP contribution is -2.15. The number of anilines is 1. The van der Waals surface area contributed by atoms with Gasteiger partial charge in [0.1, 0.15) is 5.75 Å². The molecule has 1 fully saturated rings. The van der Waals surface area contributed by atoms with Crippen molar-refractivity contribution in [3.63, 3.8) is 0 Å². The minimum atomic E-state index is -0.981. The van der Waals surface area contributed by atoms with Crippen LogP contribution in [0.5, 0.6) is 5.75 Å². The summed E-state index contributed by atoms with van der Waals surface area (Å²) >= 11 is 0. The fourth-order valence-corrected chi connectivity index (χ4v) is 4.06. The van der Waals surface area contributed by atoms with Crippen molar-refractivity contribution in [2.75, 3.05) is 18.6 Å². The van der Waals surface area contributed by atoms with E-state index in [4.69, 9.17) is 10.5 Å². The van der Waals surface area contributed by atoms with Gasteiger partial charge in [0.2, 0.25) is 0 Å². The predicted molar refractivity (Wildman–Crippen MR) is 75.3 cm³/mol. The van der Waals surface area contributed by atoms with Gasteiger partial charge in [0.15, 0.2) is 0 Å². The SMILES string of the molecule is COc1cc(N)ccc1S(=O)CC1CCCCC1. The summed E-state index contributed by atoms with van der Waals surface area (Å²) in [5.41, 5.74) is 6.35. The van der Waals surface area contributed by atoms with Crippen LogP contribution in [-0.4, -0.2) is 17.1 Å². The lowest BCUT2D eigenvalue weighted by atomic mass is 9.91. The maximum absolute atomic E-state index is 12.4. The third kappa shape index (κ3) is 3.25. The van der Waals surface area contributed by atoms with E-state index in [1.54, 1.807) is 19.2 Å². The van der Waals surface area contributed by atoms with Crippen molar-refractivity contribution in [1.82, 2.24) is 0 Å². The highest BCUT2D eigenvalue weighted by molar-refractivity contribution is 7.85. The number of ether oxygens (including phenoxy) is 1. The van der Waals surface area contributed by atoms with Crippen LogP contribution in [0.1, 0.15) is 32.1 Å². The predicted octanol–water partition coefficient (Wildman–Crippen LogP) is 2.97. The summed E-state index contributed by atoms with van der Waals surface area (Å²) in [6.45, 7) is 0. The van der Waals surface area contributed by atoms with Crippen molar-refractivity contribution < 1.29 is 8.95 Å². The van der Waals surface area contributed by atoms with Gasteiger partial charge in [-0.25, -0.2) is 0 Å². The van der Waals surface area contributed by atoms with Crippen LogP contribution in [0.25, 0.3) is 0 Å². The molecule has 1 unspecified atom stereocenters. The summed E-state index contributed by atoms with van der Waals surface area (Å²) in [6.07, 6.45) is 6.31. The van der Waals surface area contributed by atoms with E-state index in [0.29, 0.717) is 17.4 Å². The molecular formula is C14H21NO2S. The maximum Gasteiger partial charge on any atom is 0.137 e. The Hall–Kier alpha value is -1.03. The van der Waals surface area contributed by atoms with E-state index in [1.807, 2.05) is 6.07 Å². The van der Waals surface area contributed by atoms with E-state index < -0.39 is 10.8 Å². The quantitative estimate of drug-likeness (QED) is 0.853. The molecule has 1 aromatic carbocycles. The Labute approximate surface area is 111 Å². The number of hydrogen-bond acceptors (Lipinski definition) is 3. The van der Waals surface area contributed by atoms with Crippen LogP contribution in [0.2, 0.25) is 0 Å². The molecule has 0 aliphatic heterocycles. The van der Waals surface area contributed by atoms with Gasteiger partial charge in [0, 0.05) is 17.5 Å². The minimum Gasteiger partial charge on any atom is -0.495 e. The zero-order chi connectivity index (χ0) is 13.0. The van der Waals surface area contributed by atoms with Gasteiger partial charge < -0.3 is 10.5 Å². The van der Waals surface area contributed by atoms with Crippen LogP contribution < -0.4 is 10.5 Å². The summed E-state index contributed by atoms with van der Waals surface area (Å²) in [5, 5.41) is 0. The summed E-state index contributed by atoms with van der Waals surface area (Å²) in [7, 11) is 0.612. The van der Waals surface area contributed by atoms with Crippen LogP contribution in [0.3, 0.4) is 0 Å². The average Bonchev–Trinajstić information content (AvgIpc) is 2.39. The second-order valence-electron chi connectivity index (χ2n) is 4.93. The highest BCUT2D eigenvalue weighted by Crippen LogP contribution is 2.29. The highest BCUT2D eigenvalue weighted by atomic mass is 32.2. The summed E-state index contributed by atoms with van der Waals surface area (Å²) in [6, 6.07) is 5.36. The third-order valence-electron chi connectivity index (χ3n) is 3.54. The average molecular weight is 267 g/mol. The fourth-order valence-electron chi connectivity index (χ4n) is 2.53. The summed E-state index contributed by atoms with van der Waals surface area (Å²) in [4.78, 5) is 0.775. The van der Waals surface area contributed by atoms with E-state index in [1.165, 1.54) is 32.1 Å². The van der Waals surface area contributed by atoms with Crippen molar-refractivity contribution in [2.24, 2.45) is 5.92 Å². The monoisotopic (exact) mass is 267 g/mol. The third-order valence-corrected chi connectivity index (χ3v) is 5.15. The molecule has 4 heteroatoms. The first-order chi connectivity index (χ1) is 8.70. The Morgan fingerprint density at radius 2 is 2.06 bits per heavy atom. The van der Waals surface area contributed by atoms with Crippen molar-refractivity contribution in [3.8, 4) is 5.75 Å². The Morgan fingerprint density at radius 3 is 2.72 bits per heavy atom. The molecule has 3 nitrogen and oxygen atoms in total. The molecule has 0 bridgehead atoms. The van der Waals surface area contributed by atoms with Crippen molar-refractivity contribution >= 4 is 16.5 Å². The Balaban J connectivity index is 2.08. The first kappa shape index (κ1) is 13.4. The molecule has 100 valence electrons. The molecule has 0 heterocycles. The van der Waals surface area contributed by atoms with Crippen molar-refractivity contribution in [3.05, 3.63) is 18.2 Å². The van der Waals surface area contributed by atoms with Crippen LogP contribution in [-0.2, 0) is 10.8 Å². The molecule has 18 heavy (non-hydrogen) atoms. The molecule has 0 aromatic heterocycles. The topological polar surface area (TPSA) is 52.3 Å². The molecule has 1 atom stereocenters. The van der Waals surface area contributed by atoms with Gasteiger partial charge in [0.05, 0.1) is 22.8 Å². The molecule has 0 saturated heterocycles. The van der Waals surface area contributed by atoms with Crippen molar-refractivity contribution in [2.45, 2.75) is 37.0 Å². The zero-order valence-corrected chi connectivity index (χ0v) is 11.7. The van der Waals surface area contributed by atoms with Crippen molar-refractivity contribution in [1.29, 1.82) is 0 Å². The standard InChI is InChI=1S/C14H21NO2S/c1-17-13-9-12(15)7-8-14(13)18(16)10-11-5-3-2-4-6-11/h7-9,11H,2-6,10,15H2,1H3. The molecule has 2 N–H and O–H groups in total. The molecule has 1 aromatic rings. The molecule has 1 aliphatic carbocycles. The van der Waals surface area contributed by atoms with E-state index in [-0.39, 0.29) is 0 Å². The molecule has 2 rings (SSSR count). The second kappa shape index (κ2) is 6.23. The number of nitrogens with two attached hydrogens (primary N) is 1. The Kier molecular flexibility index (Phi) is 4.64. The first-order valence-electron chi connectivity index (χ1n) is 6.52. The number of rotatable bonds is 4. The second-order valence-corrected chi connectivity index (χ2v) is 6.39. The van der Waals surface area contributed by atoms with Gasteiger partial charge in [-0.1, -0.05) is 19.3 Å². The lowest BCUT2D eigenvalue weighted by molar-refractivity contribution is 0.387. The fraction of sp³-hybridized carbons (Fsp3) is 0.571. The Bertz CT molecular complexity index is 428. The number of benzene rings is 1.